The van der Waals surface area contributed by atoms with Crippen molar-refractivity contribution in [2.75, 3.05) is 6.54 Å². The Bertz CT molecular complexity index is 452. The molecule has 21 heavy (non-hydrogen) atoms. The van der Waals surface area contributed by atoms with E-state index in [2.05, 4.69) is 31.1 Å². The number of nitrogens with one attached hydrogen (secondary N) is 1. The number of amides is 1. The zero-order valence-corrected chi connectivity index (χ0v) is 13.8. The van der Waals surface area contributed by atoms with Crippen LogP contribution in [-0.4, -0.2) is 17.4 Å². The average Bonchev–Trinajstić information content (AvgIpc) is 2.41. The molecule has 1 aromatic heterocycles. The molecule has 0 fully saturated rings. The van der Waals surface area contributed by atoms with E-state index < -0.39 is 0 Å². The molecule has 1 amide bonds. The molecular weight excluding hydrogens is 262 g/mol. The predicted octanol–water partition coefficient (Wildman–Crippen LogP) is 2.80. The van der Waals surface area contributed by atoms with Crippen LogP contribution < -0.4 is 11.1 Å². The van der Waals surface area contributed by atoms with E-state index >= 15 is 0 Å². The molecule has 0 spiro atoms. The molecule has 1 aromatic rings. The molecular formula is C17H29N3O. The van der Waals surface area contributed by atoms with Gasteiger partial charge in [0.15, 0.2) is 0 Å². The first-order valence-corrected chi connectivity index (χ1v) is 7.71. The smallest absolute Gasteiger partial charge is 0.220 e. The SMILES string of the molecule is Cc1ccncc1CNC(=O)CCC(CCN)C(C)(C)C. The molecule has 1 unspecified atom stereocenters. The van der Waals surface area contributed by atoms with Gasteiger partial charge in [0.05, 0.1) is 0 Å². The fourth-order valence-electron chi connectivity index (χ4n) is 2.48. The topological polar surface area (TPSA) is 68.0 Å². The number of carbonyl (C=O) groups is 1. The summed E-state index contributed by atoms with van der Waals surface area (Å²) in [6.07, 6.45) is 5.99. The monoisotopic (exact) mass is 291 g/mol. The van der Waals surface area contributed by atoms with Gasteiger partial charge >= 0.3 is 0 Å². The van der Waals surface area contributed by atoms with Gasteiger partial charge in [0.25, 0.3) is 0 Å². The Hall–Kier alpha value is -1.42. The van der Waals surface area contributed by atoms with E-state index in [4.69, 9.17) is 5.73 Å². The molecule has 1 heterocycles. The van der Waals surface area contributed by atoms with Crippen LogP contribution in [0.15, 0.2) is 18.5 Å². The lowest BCUT2D eigenvalue weighted by Crippen LogP contribution is -2.27. The molecule has 1 rings (SSSR count). The van der Waals surface area contributed by atoms with Crippen molar-refractivity contribution in [3.63, 3.8) is 0 Å². The van der Waals surface area contributed by atoms with Crippen molar-refractivity contribution < 1.29 is 4.79 Å². The van der Waals surface area contributed by atoms with E-state index in [-0.39, 0.29) is 11.3 Å². The number of nitrogens with two attached hydrogens (primary N) is 1. The highest BCUT2D eigenvalue weighted by Crippen LogP contribution is 2.31. The predicted molar refractivity (Wildman–Crippen MR) is 86.7 cm³/mol. The van der Waals surface area contributed by atoms with Crippen LogP contribution in [0.4, 0.5) is 0 Å². The molecule has 118 valence electrons. The van der Waals surface area contributed by atoms with Crippen LogP contribution in [0.5, 0.6) is 0 Å². The summed E-state index contributed by atoms with van der Waals surface area (Å²) in [5.41, 5.74) is 8.09. The minimum Gasteiger partial charge on any atom is -0.352 e. The minimum absolute atomic E-state index is 0.101. The molecule has 0 aliphatic rings. The van der Waals surface area contributed by atoms with Crippen molar-refractivity contribution in [1.82, 2.24) is 10.3 Å². The van der Waals surface area contributed by atoms with Crippen LogP contribution in [-0.2, 0) is 11.3 Å². The number of hydrogen-bond acceptors (Lipinski definition) is 3. The quantitative estimate of drug-likeness (QED) is 0.811. The van der Waals surface area contributed by atoms with E-state index in [9.17, 15) is 4.79 Å². The lowest BCUT2D eigenvalue weighted by molar-refractivity contribution is -0.121. The average molecular weight is 291 g/mol. The minimum atomic E-state index is 0.101. The van der Waals surface area contributed by atoms with Crippen molar-refractivity contribution in [2.24, 2.45) is 17.1 Å². The van der Waals surface area contributed by atoms with E-state index in [0.717, 1.165) is 24.0 Å². The Morgan fingerprint density at radius 2 is 2.10 bits per heavy atom. The molecule has 3 N–H and O–H groups in total. The summed E-state index contributed by atoms with van der Waals surface area (Å²) < 4.78 is 0. The van der Waals surface area contributed by atoms with E-state index in [1.807, 2.05) is 19.2 Å². The molecule has 0 saturated heterocycles. The molecule has 0 aliphatic heterocycles. The second-order valence-corrected chi connectivity index (χ2v) is 6.76. The number of nitrogens with zero attached hydrogens (tertiary/aromatic N) is 1. The van der Waals surface area contributed by atoms with Crippen LogP contribution in [0, 0.1) is 18.3 Å². The molecule has 4 heteroatoms. The largest absolute Gasteiger partial charge is 0.352 e. The van der Waals surface area contributed by atoms with Gasteiger partial charge in [0.2, 0.25) is 5.91 Å². The molecule has 0 radical (unpaired) electrons. The van der Waals surface area contributed by atoms with Crippen LogP contribution in [0.3, 0.4) is 0 Å². The van der Waals surface area contributed by atoms with Crippen LogP contribution in [0.1, 0.15) is 51.2 Å². The summed E-state index contributed by atoms with van der Waals surface area (Å²) in [6.45, 7) is 9.90. The lowest BCUT2D eigenvalue weighted by atomic mass is 9.76. The Balaban J connectivity index is 2.41. The highest BCUT2D eigenvalue weighted by atomic mass is 16.1. The number of pyridine rings is 1. The fraction of sp³-hybridized carbons (Fsp3) is 0.647. The normalized spacial score (nSPS) is 13.0. The van der Waals surface area contributed by atoms with Crippen LogP contribution >= 0.6 is 0 Å². The van der Waals surface area contributed by atoms with Gasteiger partial charge in [0.1, 0.15) is 0 Å². The first-order chi connectivity index (χ1) is 9.84. The van der Waals surface area contributed by atoms with Gasteiger partial charge < -0.3 is 11.1 Å². The number of hydrogen-bond donors (Lipinski definition) is 2. The summed E-state index contributed by atoms with van der Waals surface area (Å²) in [4.78, 5) is 16.1. The highest BCUT2D eigenvalue weighted by molar-refractivity contribution is 5.75. The van der Waals surface area contributed by atoms with Crippen molar-refractivity contribution in [3.05, 3.63) is 29.6 Å². The van der Waals surface area contributed by atoms with Crippen molar-refractivity contribution in [2.45, 2.75) is 53.5 Å². The summed E-state index contributed by atoms with van der Waals surface area (Å²) in [5.74, 6) is 0.581. The van der Waals surface area contributed by atoms with Crippen LogP contribution in [0.2, 0.25) is 0 Å². The maximum Gasteiger partial charge on any atom is 0.220 e. The summed E-state index contributed by atoms with van der Waals surface area (Å²) >= 11 is 0. The zero-order valence-electron chi connectivity index (χ0n) is 13.8. The van der Waals surface area contributed by atoms with Gasteiger partial charge in [-0.15, -0.1) is 0 Å². The number of carbonyl (C=O) groups excluding carboxylic acids is 1. The fourth-order valence-corrected chi connectivity index (χ4v) is 2.48. The van der Waals surface area contributed by atoms with Crippen molar-refractivity contribution in [3.8, 4) is 0 Å². The summed E-state index contributed by atoms with van der Waals surface area (Å²) in [7, 11) is 0. The molecule has 0 aliphatic carbocycles. The maximum atomic E-state index is 12.0. The van der Waals surface area contributed by atoms with E-state index in [0.29, 0.717) is 25.4 Å². The van der Waals surface area contributed by atoms with Gasteiger partial charge in [-0.2, -0.15) is 0 Å². The van der Waals surface area contributed by atoms with Gasteiger partial charge in [-0.25, -0.2) is 0 Å². The summed E-state index contributed by atoms with van der Waals surface area (Å²) in [6, 6.07) is 1.96. The maximum absolute atomic E-state index is 12.0. The van der Waals surface area contributed by atoms with E-state index in [1.165, 1.54) is 0 Å². The molecule has 0 bridgehead atoms. The molecule has 0 aromatic carbocycles. The number of aromatic nitrogens is 1. The summed E-state index contributed by atoms with van der Waals surface area (Å²) in [5, 5.41) is 2.98. The van der Waals surface area contributed by atoms with E-state index in [1.54, 1.807) is 6.20 Å². The molecule has 0 saturated carbocycles. The van der Waals surface area contributed by atoms with Gasteiger partial charge in [-0.3, -0.25) is 9.78 Å². The second-order valence-electron chi connectivity index (χ2n) is 6.76. The van der Waals surface area contributed by atoms with Crippen molar-refractivity contribution in [1.29, 1.82) is 0 Å². The zero-order chi connectivity index (χ0) is 15.9. The number of rotatable bonds is 7. The Morgan fingerprint density at radius 1 is 1.38 bits per heavy atom. The first kappa shape index (κ1) is 17.6. The lowest BCUT2D eigenvalue weighted by Gasteiger charge is -2.30. The van der Waals surface area contributed by atoms with Gasteiger partial charge in [0, 0.05) is 25.4 Å². The van der Waals surface area contributed by atoms with Crippen LogP contribution in [0.25, 0.3) is 0 Å². The van der Waals surface area contributed by atoms with Gasteiger partial charge in [-0.05, 0) is 54.8 Å². The standard InChI is InChI=1S/C17H29N3O/c1-13-8-10-19-11-14(13)12-20-16(21)6-5-15(7-9-18)17(2,3)4/h8,10-11,15H,5-7,9,12,18H2,1-4H3,(H,20,21). The Morgan fingerprint density at radius 3 is 2.67 bits per heavy atom. The Kier molecular flexibility index (Phi) is 6.82. The Labute approximate surface area is 128 Å². The molecule has 1 atom stereocenters. The number of aryl methyl sites for hydroxylation is 1. The highest BCUT2D eigenvalue weighted by Gasteiger charge is 2.24. The van der Waals surface area contributed by atoms with Crippen molar-refractivity contribution >= 4 is 5.91 Å². The molecule has 4 nitrogen and oxygen atoms in total. The van der Waals surface area contributed by atoms with Gasteiger partial charge in [-0.1, -0.05) is 20.8 Å². The first-order valence-electron chi connectivity index (χ1n) is 7.71. The second kappa shape index (κ2) is 8.13. The third kappa shape index (κ3) is 6.25. The third-order valence-electron chi connectivity index (χ3n) is 4.08. The third-order valence-corrected chi connectivity index (χ3v) is 4.08.